The Bertz CT molecular complexity index is 552. The van der Waals surface area contributed by atoms with E-state index >= 15 is 0 Å². The molecule has 1 aromatic heterocycles. The molecule has 0 saturated heterocycles. The summed E-state index contributed by atoms with van der Waals surface area (Å²) in [6.07, 6.45) is 3.27. The van der Waals surface area contributed by atoms with Gasteiger partial charge in [0.2, 0.25) is 0 Å². The molecule has 1 aliphatic rings. The number of nitrogens with one attached hydrogen (secondary N) is 1. The van der Waals surface area contributed by atoms with E-state index in [0.717, 1.165) is 31.0 Å². The van der Waals surface area contributed by atoms with E-state index < -0.39 is 0 Å². The van der Waals surface area contributed by atoms with Crippen molar-refractivity contribution in [2.45, 2.75) is 32.5 Å². The lowest BCUT2D eigenvalue weighted by atomic mass is 10.1. The van der Waals surface area contributed by atoms with Gasteiger partial charge >= 0.3 is 0 Å². The molecule has 4 heteroatoms. The Hall–Kier alpha value is -1.81. The highest BCUT2D eigenvalue weighted by molar-refractivity contribution is 5.37. The van der Waals surface area contributed by atoms with Crippen molar-refractivity contribution in [2.24, 2.45) is 0 Å². The fourth-order valence-corrected chi connectivity index (χ4v) is 2.58. The van der Waals surface area contributed by atoms with Crippen molar-refractivity contribution in [2.75, 3.05) is 7.05 Å². The Morgan fingerprint density at radius 1 is 1.42 bits per heavy atom. The zero-order chi connectivity index (χ0) is 13.2. The lowest BCUT2D eigenvalue weighted by molar-refractivity contribution is 0.203. The smallest absolute Gasteiger partial charge is 0.123 e. The predicted molar refractivity (Wildman–Crippen MR) is 74.3 cm³/mol. The van der Waals surface area contributed by atoms with Crippen LogP contribution in [-0.2, 0) is 19.5 Å². The topological polar surface area (TPSA) is 39.1 Å². The summed E-state index contributed by atoms with van der Waals surface area (Å²) in [4.78, 5) is 0. The summed E-state index contributed by atoms with van der Waals surface area (Å²) in [5.74, 6) is 1.02. The first-order valence-corrected chi connectivity index (χ1v) is 6.68. The van der Waals surface area contributed by atoms with Gasteiger partial charge in [0.05, 0.1) is 12.2 Å². The third kappa shape index (κ3) is 2.49. The molecule has 1 atom stereocenters. The largest absolute Gasteiger partial charge is 0.488 e. The van der Waals surface area contributed by atoms with Crippen LogP contribution >= 0.6 is 0 Å². The number of hydrogen-bond donors (Lipinski definition) is 1. The van der Waals surface area contributed by atoms with Crippen LogP contribution in [0.25, 0.3) is 0 Å². The molecule has 0 radical (unpaired) electrons. The van der Waals surface area contributed by atoms with Crippen LogP contribution in [-0.4, -0.2) is 22.9 Å². The number of fused-ring (bicyclic) bond motifs is 1. The molecular formula is C15H19N3O. The van der Waals surface area contributed by atoms with Crippen LogP contribution < -0.4 is 10.1 Å². The number of ether oxygens (including phenoxy) is 1. The average molecular weight is 257 g/mol. The molecule has 0 aliphatic carbocycles. The molecule has 2 aromatic rings. The number of aromatic nitrogens is 2. The quantitative estimate of drug-likeness (QED) is 0.909. The lowest BCUT2D eigenvalue weighted by Gasteiger charge is -2.10. The Balaban J connectivity index is 1.69. The molecule has 3 rings (SSSR count). The molecule has 1 unspecified atom stereocenters. The third-order valence-corrected chi connectivity index (χ3v) is 3.52. The summed E-state index contributed by atoms with van der Waals surface area (Å²) >= 11 is 0. The first-order chi connectivity index (χ1) is 9.26. The van der Waals surface area contributed by atoms with E-state index in [4.69, 9.17) is 4.74 Å². The van der Waals surface area contributed by atoms with Gasteiger partial charge in [-0.15, -0.1) is 0 Å². The molecule has 0 spiro atoms. The molecule has 1 aromatic carbocycles. The second kappa shape index (κ2) is 5.05. The normalized spacial score (nSPS) is 17.3. The van der Waals surface area contributed by atoms with Crippen LogP contribution in [0.2, 0.25) is 0 Å². The van der Waals surface area contributed by atoms with Crippen molar-refractivity contribution < 1.29 is 4.74 Å². The molecule has 100 valence electrons. The highest BCUT2D eigenvalue weighted by Crippen LogP contribution is 2.28. The zero-order valence-corrected chi connectivity index (χ0v) is 11.4. The van der Waals surface area contributed by atoms with Crippen LogP contribution in [0.5, 0.6) is 5.75 Å². The van der Waals surface area contributed by atoms with Crippen molar-refractivity contribution in [3.05, 3.63) is 47.3 Å². The second-order valence-electron chi connectivity index (χ2n) is 5.04. The SMILES string of the molecule is CNCc1cn(CC2Cc3ccccc3O2)nc1C. The molecule has 2 heterocycles. The van der Waals surface area contributed by atoms with Crippen LogP contribution in [0.1, 0.15) is 16.8 Å². The van der Waals surface area contributed by atoms with Gasteiger partial charge in [0.15, 0.2) is 0 Å². The van der Waals surface area contributed by atoms with Crippen molar-refractivity contribution in [1.82, 2.24) is 15.1 Å². The van der Waals surface area contributed by atoms with Gasteiger partial charge in [-0.25, -0.2) is 0 Å². The maximum atomic E-state index is 5.94. The highest BCUT2D eigenvalue weighted by Gasteiger charge is 2.23. The maximum Gasteiger partial charge on any atom is 0.123 e. The number of benzene rings is 1. The van der Waals surface area contributed by atoms with Crippen LogP contribution in [0.15, 0.2) is 30.5 Å². The summed E-state index contributed by atoms with van der Waals surface area (Å²) in [5.41, 5.74) is 3.63. The van der Waals surface area contributed by atoms with Crippen molar-refractivity contribution in [3.63, 3.8) is 0 Å². The van der Waals surface area contributed by atoms with E-state index in [1.165, 1.54) is 11.1 Å². The molecule has 0 fully saturated rings. The van der Waals surface area contributed by atoms with Crippen molar-refractivity contribution in [1.29, 1.82) is 0 Å². The second-order valence-corrected chi connectivity index (χ2v) is 5.04. The summed E-state index contributed by atoms with van der Waals surface area (Å²) in [6, 6.07) is 8.25. The number of aryl methyl sites for hydroxylation is 1. The van der Waals surface area contributed by atoms with E-state index in [0.29, 0.717) is 0 Å². The fraction of sp³-hybridized carbons (Fsp3) is 0.400. The van der Waals surface area contributed by atoms with Crippen molar-refractivity contribution in [3.8, 4) is 5.75 Å². The number of hydrogen-bond acceptors (Lipinski definition) is 3. The van der Waals surface area contributed by atoms with Gasteiger partial charge in [0.1, 0.15) is 11.9 Å². The minimum absolute atomic E-state index is 0.194. The fourth-order valence-electron chi connectivity index (χ4n) is 2.58. The van der Waals surface area contributed by atoms with Crippen LogP contribution in [0.3, 0.4) is 0 Å². The predicted octanol–water partition coefficient (Wildman–Crippen LogP) is 1.91. The summed E-state index contributed by atoms with van der Waals surface area (Å²) in [7, 11) is 1.95. The third-order valence-electron chi connectivity index (χ3n) is 3.52. The van der Waals surface area contributed by atoms with Crippen LogP contribution in [0.4, 0.5) is 0 Å². The van der Waals surface area contributed by atoms with Gasteiger partial charge in [-0.05, 0) is 25.6 Å². The molecule has 4 nitrogen and oxygen atoms in total. The van der Waals surface area contributed by atoms with E-state index in [9.17, 15) is 0 Å². The minimum atomic E-state index is 0.194. The van der Waals surface area contributed by atoms with E-state index in [2.05, 4.69) is 28.7 Å². The van der Waals surface area contributed by atoms with Gasteiger partial charge in [-0.2, -0.15) is 5.10 Å². The zero-order valence-electron chi connectivity index (χ0n) is 11.4. The number of para-hydroxylation sites is 1. The first-order valence-electron chi connectivity index (χ1n) is 6.68. The molecule has 0 bridgehead atoms. The Kier molecular flexibility index (Phi) is 3.25. The summed E-state index contributed by atoms with van der Waals surface area (Å²) in [5, 5.41) is 7.71. The van der Waals surface area contributed by atoms with E-state index in [-0.39, 0.29) is 6.10 Å². The highest BCUT2D eigenvalue weighted by atomic mass is 16.5. The molecular weight excluding hydrogens is 238 g/mol. The molecule has 19 heavy (non-hydrogen) atoms. The monoisotopic (exact) mass is 257 g/mol. The van der Waals surface area contributed by atoms with Crippen molar-refractivity contribution >= 4 is 0 Å². The maximum absolute atomic E-state index is 5.94. The Labute approximate surface area is 113 Å². The van der Waals surface area contributed by atoms with Gasteiger partial charge < -0.3 is 10.1 Å². The van der Waals surface area contributed by atoms with Gasteiger partial charge in [-0.3, -0.25) is 4.68 Å². The molecule has 1 aliphatic heterocycles. The first kappa shape index (κ1) is 12.2. The summed E-state index contributed by atoms with van der Waals surface area (Å²) in [6.45, 7) is 3.71. The van der Waals surface area contributed by atoms with E-state index in [1.807, 2.05) is 30.8 Å². The lowest BCUT2D eigenvalue weighted by Crippen LogP contribution is -2.21. The molecule has 1 N–H and O–H groups in total. The van der Waals surface area contributed by atoms with E-state index in [1.54, 1.807) is 0 Å². The minimum Gasteiger partial charge on any atom is -0.488 e. The number of nitrogens with zero attached hydrogens (tertiary/aromatic N) is 2. The summed E-state index contributed by atoms with van der Waals surface area (Å²) < 4.78 is 7.94. The molecule has 0 amide bonds. The van der Waals surface area contributed by atoms with Crippen LogP contribution in [0, 0.1) is 6.92 Å². The standard InChI is InChI=1S/C15H19N3O/c1-11-13(8-16-2)9-18(17-11)10-14-7-12-5-3-4-6-15(12)19-14/h3-6,9,14,16H,7-8,10H2,1-2H3. The Morgan fingerprint density at radius 2 is 2.26 bits per heavy atom. The van der Waals surface area contributed by atoms with Gasteiger partial charge in [0.25, 0.3) is 0 Å². The van der Waals surface area contributed by atoms with Gasteiger partial charge in [0, 0.05) is 24.7 Å². The average Bonchev–Trinajstić information content (AvgIpc) is 2.94. The molecule has 0 saturated carbocycles. The number of rotatable bonds is 4. The Morgan fingerprint density at radius 3 is 3.05 bits per heavy atom. The van der Waals surface area contributed by atoms with Gasteiger partial charge in [-0.1, -0.05) is 18.2 Å².